The van der Waals surface area contributed by atoms with Crippen molar-refractivity contribution in [1.82, 2.24) is 14.5 Å². The monoisotopic (exact) mass is 901 g/mol. The summed E-state index contributed by atoms with van der Waals surface area (Å²) in [5.74, 6) is 0.708. The van der Waals surface area contributed by atoms with Gasteiger partial charge in [0.05, 0.1) is 28.1 Å². The maximum absolute atomic E-state index is 5.49. The van der Waals surface area contributed by atoms with Crippen LogP contribution in [-0.4, -0.2) is 14.5 Å². The third kappa shape index (κ3) is 5.40. The topological polar surface area (TPSA) is 30.7 Å². The predicted molar refractivity (Wildman–Crippen MR) is 291 cm³/mol. The minimum absolute atomic E-state index is 0.185. The van der Waals surface area contributed by atoms with Gasteiger partial charge in [-0.05, 0) is 99.1 Å². The quantitative estimate of drug-likeness (QED) is 0.176. The number of para-hydroxylation sites is 1. The standard InChI is InChI=1S/C63H39N3S2/c1-63(2)51-34-56-50(33-49(51)47-28-23-36-13-3-4-14-39(36)61(47)63)42-17-7-10-20-54(42)66(56)55-30-29-48(40-15-5-6-16-41(40)55)62-64-52(37-24-26-45-43-18-8-11-21-57(43)67-59(45)31-37)35-53(65-62)38-25-27-46-44-19-9-12-22-58(44)68-60(46)32-38/h3-35H,1-2H3. The molecule has 0 fully saturated rings. The first kappa shape index (κ1) is 38.2. The molecule has 15 rings (SSSR count). The number of hydrogen-bond acceptors (Lipinski definition) is 4. The molecule has 0 unspecified atom stereocenters. The van der Waals surface area contributed by atoms with Gasteiger partial charge < -0.3 is 4.57 Å². The van der Waals surface area contributed by atoms with Crippen LogP contribution in [0.3, 0.4) is 0 Å². The molecule has 1 aliphatic rings. The maximum Gasteiger partial charge on any atom is 0.161 e. The van der Waals surface area contributed by atoms with Crippen molar-refractivity contribution >= 4 is 106 Å². The van der Waals surface area contributed by atoms with E-state index in [1.54, 1.807) is 0 Å². The van der Waals surface area contributed by atoms with Gasteiger partial charge in [0.2, 0.25) is 0 Å². The molecule has 0 saturated carbocycles. The molecule has 0 radical (unpaired) electrons. The van der Waals surface area contributed by atoms with Crippen molar-refractivity contribution in [1.29, 1.82) is 0 Å². The van der Waals surface area contributed by atoms with Crippen LogP contribution in [0.1, 0.15) is 25.0 Å². The molecule has 0 aliphatic heterocycles. The Kier molecular flexibility index (Phi) is 7.88. The molecule has 0 bridgehead atoms. The van der Waals surface area contributed by atoms with Gasteiger partial charge in [0.25, 0.3) is 0 Å². The van der Waals surface area contributed by atoms with E-state index in [2.05, 4.69) is 219 Å². The number of hydrogen-bond donors (Lipinski definition) is 0. The van der Waals surface area contributed by atoms with Crippen molar-refractivity contribution in [2.45, 2.75) is 19.3 Å². The lowest BCUT2D eigenvalue weighted by molar-refractivity contribution is 0.667. The van der Waals surface area contributed by atoms with Crippen LogP contribution in [0.2, 0.25) is 0 Å². The second kappa shape index (κ2) is 14.0. The third-order valence-corrected chi connectivity index (χ3v) is 17.1. The molecule has 318 valence electrons. The number of aromatic nitrogens is 3. The summed E-state index contributed by atoms with van der Waals surface area (Å²) in [6.45, 7) is 4.80. The van der Waals surface area contributed by atoms with E-state index < -0.39 is 0 Å². The Morgan fingerprint density at radius 2 is 0.941 bits per heavy atom. The van der Waals surface area contributed by atoms with Crippen molar-refractivity contribution < 1.29 is 0 Å². The molecule has 0 spiro atoms. The summed E-state index contributed by atoms with van der Waals surface area (Å²) < 4.78 is 7.59. The van der Waals surface area contributed by atoms with Gasteiger partial charge in [-0.25, -0.2) is 9.97 Å². The van der Waals surface area contributed by atoms with Gasteiger partial charge >= 0.3 is 0 Å². The van der Waals surface area contributed by atoms with Gasteiger partial charge in [0.1, 0.15) is 0 Å². The van der Waals surface area contributed by atoms with E-state index in [1.807, 2.05) is 22.7 Å². The largest absolute Gasteiger partial charge is 0.309 e. The Hall–Kier alpha value is -7.96. The van der Waals surface area contributed by atoms with E-state index in [9.17, 15) is 0 Å². The molecule has 5 heteroatoms. The minimum atomic E-state index is -0.185. The minimum Gasteiger partial charge on any atom is -0.309 e. The molecule has 0 N–H and O–H groups in total. The predicted octanol–water partition coefficient (Wildman–Crippen LogP) is 17.9. The van der Waals surface area contributed by atoms with Crippen LogP contribution in [0.15, 0.2) is 200 Å². The van der Waals surface area contributed by atoms with Gasteiger partial charge in [-0.3, -0.25) is 0 Å². The first-order valence-electron chi connectivity index (χ1n) is 23.3. The summed E-state index contributed by atoms with van der Waals surface area (Å²) in [6, 6.07) is 73.9. The SMILES string of the molecule is CC1(C)c2cc3c(cc2-c2ccc4ccccc4c21)c1ccccc1n3-c1ccc(-c2nc(-c3ccc4c(c3)sc3ccccc34)cc(-c3ccc4c(c3)sc3ccccc34)n2)c2ccccc12. The zero-order valence-electron chi connectivity index (χ0n) is 37.2. The average Bonchev–Trinajstić information content (AvgIpc) is 4.11. The zero-order valence-corrected chi connectivity index (χ0v) is 38.8. The van der Waals surface area contributed by atoms with E-state index in [0.29, 0.717) is 5.82 Å². The molecule has 3 nitrogen and oxygen atoms in total. The van der Waals surface area contributed by atoms with Gasteiger partial charge in [-0.2, -0.15) is 0 Å². The molecule has 4 aromatic heterocycles. The highest BCUT2D eigenvalue weighted by atomic mass is 32.1. The normalized spacial score (nSPS) is 13.3. The summed E-state index contributed by atoms with van der Waals surface area (Å²) in [7, 11) is 0. The number of benzene rings is 10. The molecule has 0 atom stereocenters. The lowest BCUT2D eigenvalue weighted by Crippen LogP contribution is -2.15. The van der Waals surface area contributed by atoms with E-state index in [0.717, 1.165) is 44.5 Å². The van der Waals surface area contributed by atoms with E-state index in [1.165, 1.54) is 95.2 Å². The van der Waals surface area contributed by atoms with Crippen LogP contribution < -0.4 is 0 Å². The Bertz CT molecular complexity index is 4360. The first-order chi connectivity index (χ1) is 33.4. The van der Waals surface area contributed by atoms with Crippen molar-refractivity contribution in [3.63, 3.8) is 0 Å². The van der Waals surface area contributed by atoms with Crippen LogP contribution in [-0.2, 0) is 5.41 Å². The number of nitrogens with zero attached hydrogens (tertiary/aromatic N) is 3. The fourth-order valence-corrected chi connectivity index (χ4v) is 13.9. The highest BCUT2D eigenvalue weighted by Gasteiger charge is 2.38. The van der Waals surface area contributed by atoms with Crippen molar-refractivity contribution in [2.24, 2.45) is 0 Å². The van der Waals surface area contributed by atoms with E-state index in [-0.39, 0.29) is 5.41 Å². The van der Waals surface area contributed by atoms with Crippen LogP contribution >= 0.6 is 22.7 Å². The van der Waals surface area contributed by atoms with Gasteiger partial charge in [-0.15, -0.1) is 22.7 Å². The molecular weight excluding hydrogens is 863 g/mol. The summed E-state index contributed by atoms with van der Waals surface area (Å²) in [4.78, 5) is 11.0. The van der Waals surface area contributed by atoms with Crippen LogP contribution in [0.5, 0.6) is 0 Å². The molecule has 14 aromatic rings. The smallest absolute Gasteiger partial charge is 0.161 e. The average molecular weight is 902 g/mol. The highest BCUT2D eigenvalue weighted by Crippen LogP contribution is 2.53. The molecule has 1 aliphatic carbocycles. The zero-order chi connectivity index (χ0) is 44.8. The van der Waals surface area contributed by atoms with Crippen molar-refractivity contribution in [2.75, 3.05) is 0 Å². The molecule has 68 heavy (non-hydrogen) atoms. The van der Waals surface area contributed by atoms with Crippen LogP contribution in [0, 0.1) is 0 Å². The lowest BCUT2D eigenvalue weighted by Gasteiger charge is -2.23. The van der Waals surface area contributed by atoms with Crippen LogP contribution in [0.25, 0.3) is 134 Å². The van der Waals surface area contributed by atoms with Gasteiger partial charge in [0, 0.05) is 78.6 Å². The Morgan fingerprint density at radius 1 is 0.382 bits per heavy atom. The van der Waals surface area contributed by atoms with Crippen molar-refractivity contribution in [3.05, 3.63) is 211 Å². The molecule has 0 amide bonds. The van der Waals surface area contributed by atoms with E-state index in [4.69, 9.17) is 9.97 Å². The fraction of sp³-hybridized carbons (Fsp3) is 0.0476. The molecule has 0 saturated heterocycles. The Morgan fingerprint density at radius 3 is 1.63 bits per heavy atom. The summed E-state index contributed by atoms with van der Waals surface area (Å²) in [6.07, 6.45) is 0. The second-order valence-corrected chi connectivity index (χ2v) is 21.0. The molecule has 10 aromatic carbocycles. The first-order valence-corrected chi connectivity index (χ1v) is 24.9. The summed E-state index contributed by atoms with van der Waals surface area (Å²) >= 11 is 3.68. The number of rotatable bonds is 4. The van der Waals surface area contributed by atoms with Crippen molar-refractivity contribution in [3.8, 4) is 50.7 Å². The molecule has 4 heterocycles. The number of fused-ring (bicyclic) bond motifs is 15. The third-order valence-electron chi connectivity index (χ3n) is 14.8. The second-order valence-electron chi connectivity index (χ2n) is 18.9. The maximum atomic E-state index is 5.49. The molecular formula is C63H39N3S2. The number of thiophene rings is 2. The Balaban J connectivity index is 0.942. The summed E-state index contributed by atoms with van der Waals surface area (Å²) in [5, 5.41) is 12.5. The van der Waals surface area contributed by atoms with Gasteiger partial charge in [-0.1, -0.05) is 153 Å². The van der Waals surface area contributed by atoms with Gasteiger partial charge in [0.15, 0.2) is 5.82 Å². The summed E-state index contributed by atoms with van der Waals surface area (Å²) in [5.41, 5.74) is 13.8. The van der Waals surface area contributed by atoms with Crippen LogP contribution in [0.4, 0.5) is 0 Å². The fourth-order valence-electron chi connectivity index (χ4n) is 11.6. The highest BCUT2D eigenvalue weighted by molar-refractivity contribution is 7.26. The van der Waals surface area contributed by atoms with E-state index >= 15 is 0 Å². The lowest BCUT2D eigenvalue weighted by atomic mass is 9.80. The Labute approximate surface area is 399 Å².